The van der Waals surface area contributed by atoms with Gasteiger partial charge in [0.05, 0.1) is 5.75 Å². The first-order chi connectivity index (χ1) is 16.0. The highest BCUT2D eigenvalue weighted by molar-refractivity contribution is 8.00. The van der Waals surface area contributed by atoms with Crippen molar-refractivity contribution in [2.75, 3.05) is 12.3 Å². The summed E-state index contributed by atoms with van der Waals surface area (Å²) < 4.78 is 0. The van der Waals surface area contributed by atoms with E-state index < -0.39 is 6.04 Å². The van der Waals surface area contributed by atoms with Gasteiger partial charge < -0.3 is 10.2 Å². The Morgan fingerprint density at radius 2 is 1.52 bits per heavy atom. The van der Waals surface area contributed by atoms with E-state index in [0.717, 1.165) is 10.5 Å². The molecule has 0 bridgehead atoms. The molecule has 3 aromatic carbocycles. The molecule has 0 aliphatic heterocycles. The SMILES string of the molecule is CCNC(=O)[C@H](Cc1ccccc1)N(Cc1c(Cl)cccc1Cl)C(=O)CSc1ccccc1. The van der Waals surface area contributed by atoms with Crippen molar-refractivity contribution in [3.63, 3.8) is 0 Å². The molecule has 0 saturated heterocycles. The van der Waals surface area contributed by atoms with Crippen molar-refractivity contribution in [2.24, 2.45) is 0 Å². The largest absolute Gasteiger partial charge is 0.355 e. The predicted molar refractivity (Wildman–Crippen MR) is 137 cm³/mol. The molecule has 0 aliphatic carbocycles. The molecule has 4 nitrogen and oxygen atoms in total. The van der Waals surface area contributed by atoms with Crippen molar-refractivity contribution in [1.82, 2.24) is 10.2 Å². The van der Waals surface area contributed by atoms with Crippen LogP contribution in [-0.4, -0.2) is 35.1 Å². The van der Waals surface area contributed by atoms with E-state index in [1.54, 1.807) is 23.1 Å². The third-order valence-electron chi connectivity index (χ3n) is 5.12. The summed E-state index contributed by atoms with van der Waals surface area (Å²) in [5, 5.41) is 3.81. The van der Waals surface area contributed by atoms with Gasteiger partial charge in [0, 0.05) is 40.0 Å². The average Bonchev–Trinajstić information content (AvgIpc) is 2.83. The van der Waals surface area contributed by atoms with Gasteiger partial charge in [0.1, 0.15) is 6.04 Å². The lowest BCUT2D eigenvalue weighted by Gasteiger charge is -2.32. The molecule has 0 radical (unpaired) electrons. The van der Waals surface area contributed by atoms with Crippen LogP contribution in [0, 0.1) is 0 Å². The molecular weight excluding hydrogens is 475 g/mol. The van der Waals surface area contributed by atoms with Crippen molar-refractivity contribution >= 4 is 46.8 Å². The van der Waals surface area contributed by atoms with Gasteiger partial charge in [-0.2, -0.15) is 0 Å². The lowest BCUT2D eigenvalue weighted by Crippen LogP contribution is -2.51. The zero-order chi connectivity index (χ0) is 23.6. The Kier molecular flexibility index (Phi) is 9.67. The maximum Gasteiger partial charge on any atom is 0.243 e. The number of likely N-dealkylation sites (N-methyl/N-ethyl adjacent to an activating group) is 1. The first-order valence-corrected chi connectivity index (χ1v) is 12.5. The van der Waals surface area contributed by atoms with Crippen molar-refractivity contribution in [3.05, 3.63) is 100 Å². The van der Waals surface area contributed by atoms with Gasteiger partial charge in [0.15, 0.2) is 0 Å². The minimum Gasteiger partial charge on any atom is -0.355 e. The Morgan fingerprint density at radius 1 is 0.909 bits per heavy atom. The maximum atomic E-state index is 13.5. The summed E-state index contributed by atoms with van der Waals surface area (Å²) in [6.07, 6.45) is 0.385. The number of hydrogen-bond donors (Lipinski definition) is 1. The molecule has 0 unspecified atom stereocenters. The van der Waals surface area contributed by atoms with Crippen molar-refractivity contribution < 1.29 is 9.59 Å². The second kappa shape index (κ2) is 12.7. The van der Waals surface area contributed by atoms with Gasteiger partial charge in [-0.05, 0) is 36.8 Å². The molecule has 0 aliphatic rings. The summed E-state index contributed by atoms with van der Waals surface area (Å²) in [5.41, 5.74) is 1.59. The van der Waals surface area contributed by atoms with Gasteiger partial charge in [-0.25, -0.2) is 0 Å². The number of hydrogen-bond acceptors (Lipinski definition) is 3. The fourth-order valence-electron chi connectivity index (χ4n) is 3.44. The van der Waals surface area contributed by atoms with Crippen molar-refractivity contribution in [3.8, 4) is 0 Å². The summed E-state index contributed by atoms with van der Waals surface area (Å²) in [5.74, 6) is -0.175. The Morgan fingerprint density at radius 3 is 2.12 bits per heavy atom. The number of rotatable bonds is 10. The minimum absolute atomic E-state index is 0.140. The summed E-state index contributed by atoms with van der Waals surface area (Å²) >= 11 is 14.3. The van der Waals surface area contributed by atoms with Crippen LogP contribution in [0.25, 0.3) is 0 Å². The summed E-state index contributed by atoms with van der Waals surface area (Å²) in [6.45, 7) is 2.47. The van der Waals surface area contributed by atoms with Gasteiger partial charge in [-0.3, -0.25) is 9.59 Å². The van der Waals surface area contributed by atoms with Crippen LogP contribution in [0.3, 0.4) is 0 Å². The molecule has 2 amide bonds. The zero-order valence-corrected chi connectivity index (χ0v) is 20.7. The highest BCUT2D eigenvalue weighted by atomic mass is 35.5. The number of thioether (sulfide) groups is 1. The number of amides is 2. The van der Waals surface area contributed by atoms with Crippen LogP contribution in [-0.2, 0) is 22.6 Å². The number of nitrogens with one attached hydrogen (secondary N) is 1. The molecule has 0 aromatic heterocycles. The fraction of sp³-hybridized carbons (Fsp3) is 0.231. The van der Waals surface area contributed by atoms with Gasteiger partial charge in [0.25, 0.3) is 0 Å². The number of carbonyl (C=O) groups excluding carboxylic acids is 2. The van der Waals surface area contributed by atoms with E-state index >= 15 is 0 Å². The fourth-order valence-corrected chi connectivity index (χ4v) is 4.77. The number of nitrogens with zero attached hydrogens (tertiary/aromatic N) is 1. The van der Waals surface area contributed by atoms with E-state index in [2.05, 4.69) is 5.32 Å². The number of halogens is 2. The Balaban J connectivity index is 1.93. The molecule has 3 aromatic rings. The first kappa shape index (κ1) is 25.2. The molecule has 33 heavy (non-hydrogen) atoms. The van der Waals surface area contributed by atoms with Crippen LogP contribution in [0.5, 0.6) is 0 Å². The molecule has 0 spiro atoms. The maximum absolute atomic E-state index is 13.5. The highest BCUT2D eigenvalue weighted by Gasteiger charge is 2.31. The van der Waals surface area contributed by atoms with E-state index in [0.29, 0.717) is 28.6 Å². The quantitative estimate of drug-likeness (QED) is 0.354. The molecule has 0 saturated carbocycles. The summed E-state index contributed by atoms with van der Waals surface area (Å²) in [4.78, 5) is 29.3. The van der Waals surface area contributed by atoms with E-state index in [4.69, 9.17) is 23.2 Å². The Labute approximate surface area is 209 Å². The first-order valence-electron chi connectivity index (χ1n) is 10.7. The zero-order valence-electron chi connectivity index (χ0n) is 18.3. The third kappa shape index (κ3) is 7.26. The molecule has 1 N–H and O–H groups in total. The standard InChI is InChI=1S/C26H26Cl2N2O2S/c1-2-29-26(32)24(16-19-10-5-3-6-11-19)30(17-21-22(27)14-9-15-23(21)28)25(31)18-33-20-12-7-4-8-13-20/h3-15,24H,2,16-18H2,1H3,(H,29,32)/t24-/m0/s1. The van der Waals surface area contributed by atoms with Crippen LogP contribution < -0.4 is 5.32 Å². The summed E-state index contributed by atoms with van der Waals surface area (Å²) in [7, 11) is 0. The Bertz CT molecular complexity index is 1040. The normalized spacial score (nSPS) is 11.6. The van der Waals surface area contributed by atoms with Crippen LogP contribution >= 0.6 is 35.0 Å². The molecule has 0 heterocycles. The minimum atomic E-state index is -0.705. The topological polar surface area (TPSA) is 49.4 Å². The average molecular weight is 501 g/mol. The number of benzene rings is 3. The van der Waals surface area contributed by atoms with Crippen LogP contribution in [0.2, 0.25) is 10.0 Å². The second-order valence-corrected chi connectivity index (χ2v) is 9.29. The van der Waals surface area contributed by atoms with Gasteiger partial charge in [-0.15, -0.1) is 11.8 Å². The molecule has 0 fully saturated rings. The van der Waals surface area contributed by atoms with E-state index in [9.17, 15) is 9.59 Å². The lowest BCUT2D eigenvalue weighted by molar-refractivity contribution is -0.139. The Hall–Kier alpha value is -2.47. The van der Waals surface area contributed by atoms with Crippen LogP contribution in [0.1, 0.15) is 18.1 Å². The van der Waals surface area contributed by atoms with Crippen LogP contribution in [0.15, 0.2) is 83.8 Å². The molecular formula is C26H26Cl2N2O2S. The predicted octanol–water partition coefficient (Wildman–Crippen LogP) is 5.86. The monoisotopic (exact) mass is 500 g/mol. The van der Waals surface area contributed by atoms with E-state index in [-0.39, 0.29) is 24.1 Å². The number of carbonyl (C=O) groups is 2. The van der Waals surface area contributed by atoms with Crippen molar-refractivity contribution in [2.45, 2.75) is 30.8 Å². The molecule has 3 rings (SSSR count). The van der Waals surface area contributed by atoms with Gasteiger partial charge in [-0.1, -0.05) is 77.8 Å². The van der Waals surface area contributed by atoms with E-state index in [1.807, 2.05) is 67.6 Å². The highest BCUT2D eigenvalue weighted by Crippen LogP contribution is 2.28. The smallest absolute Gasteiger partial charge is 0.243 e. The second-order valence-electron chi connectivity index (χ2n) is 7.42. The molecule has 7 heteroatoms. The molecule has 1 atom stereocenters. The van der Waals surface area contributed by atoms with Crippen LogP contribution in [0.4, 0.5) is 0 Å². The lowest BCUT2D eigenvalue weighted by atomic mass is 10.0. The van der Waals surface area contributed by atoms with E-state index in [1.165, 1.54) is 11.8 Å². The van der Waals surface area contributed by atoms with Crippen molar-refractivity contribution in [1.29, 1.82) is 0 Å². The third-order valence-corrected chi connectivity index (χ3v) is 6.82. The summed E-state index contributed by atoms with van der Waals surface area (Å²) in [6, 6.07) is 23.9. The van der Waals surface area contributed by atoms with Gasteiger partial charge >= 0.3 is 0 Å². The van der Waals surface area contributed by atoms with Gasteiger partial charge in [0.2, 0.25) is 11.8 Å². The molecule has 172 valence electrons.